The number of aryl methyl sites for hydroxylation is 2. The lowest BCUT2D eigenvalue weighted by Gasteiger charge is -2.01. The van der Waals surface area contributed by atoms with E-state index in [1.54, 1.807) is 11.0 Å². The number of benzene rings is 1. The Balaban J connectivity index is 1.96. The van der Waals surface area contributed by atoms with Crippen LogP contribution in [0, 0.1) is 0 Å². The third-order valence-electron chi connectivity index (χ3n) is 2.10. The van der Waals surface area contributed by atoms with Crippen molar-refractivity contribution in [2.45, 2.75) is 13.0 Å². The molecule has 0 unspecified atom stereocenters. The molecule has 1 heterocycles. The average Bonchev–Trinajstić information content (AvgIpc) is 2.64. The molecule has 2 rings (SSSR count). The zero-order valence-electron chi connectivity index (χ0n) is 8.10. The molecule has 78 valence electrons. The number of nitrogens with two attached hydrogens (primary N) is 1. The van der Waals surface area contributed by atoms with Gasteiger partial charge in [-0.2, -0.15) is 0 Å². The third kappa shape index (κ3) is 2.70. The predicted octanol–water partition coefficient (Wildman–Crippen LogP) is 1.76. The fourth-order valence-electron chi connectivity index (χ4n) is 1.31. The van der Waals surface area contributed by atoms with E-state index < -0.39 is 0 Å². The molecular formula is C10H11ClN4. The van der Waals surface area contributed by atoms with Crippen molar-refractivity contribution in [2.75, 3.05) is 5.73 Å². The van der Waals surface area contributed by atoms with Crippen LogP contribution in [0.1, 0.15) is 5.56 Å². The van der Waals surface area contributed by atoms with Crippen molar-refractivity contribution in [1.29, 1.82) is 0 Å². The first-order valence-electron chi connectivity index (χ1n) is 4.63. The Morgan fingerprint density at radius 3 is 2.60 bits per heavy atom. The summed E-state index contributed by atoms with van der Waals surface area (Å²) in [5.41, 5.74) is 6.62. The van der Waals surface area contributed by atoms with E-state index in [4.69, 9.17) is 17.3 Å². The number of anilines is 1. The molecule has 0 aliphatic heterocycles. The summed E-state index contributed by atoms with van der Waals surface area (Å²) in [6, 6.07) is 7.77. The number of aromatic nitrogens is 3. The van der Waals surface area contributed by atoms with Crippen molar-refractivity contribution < 1.29 is 0 Å². The van der Waals surface area contributed by atoms with Crippen molar-refractivity contribution in [2.24, 2.45) is 0 Å². The van der Waals surface area contributed by atoms with E-state index in [2.05, 4.69) is 10.1 Å². The van der Waals surface area contributed by atoms with Crippen LogP contribution in [0.15, 0.2) is 30.6 Å². The van der Waals surface area contributed by atoms with Gasteiger partial charge in [-0.15, -0.1) is 5.10 Å². The van der Waals surface area contributed by atoms with Gasteiger partial charge in [0.05, 0.1) is 0 Å². The molecule has 0 aliphatic carbocycles. The fraction of sp³-hybridized carbons (Fsp3) is 0.200. The highest BCUT2D eigenvalue weighted by Gasteiger charge is 1.97. The van der Waals surface area contributed by atoms with E-state index in [1.165, 1.54) is 5.56 Å². The van der Waals surface area contributed by atoms with Gasteiger partial charge in [-0.05, 0) is 24.1 Å². The highest BCUT2D eigenvalue weighted by atomic mass is 35.5. The summed E-state index contributed by atoms with van der Waals surface area (Å²) in [5.74, 6) is 0.311. The number of nitrogen functional groups attached to an aromatic ring is 1. The summed E-state index contributed by atoms with van der Waals surface area (Å²) in [6.07, 6.45) is 2.52. The topological polar surface area (TPSA) is 56.7 Å². The van der Waals surface area contributed by atoms with E-state index in [-0.39, 0.29) is 0 Å². The van der Waals surface area contributed by atoms with Gasteiger partial charge in [0.2, 0.25) is 5.95 Å². The normalized spacial score (nSPS) is 10.5. The maximum absolute atomic E-state index is 5.79. The van der Waals surface area contributed by atoms with Gasteiger partial charge in [-0.3, -0.25) is 4.68 Å². The molecule has 0 bridgehead atoms. The van der Waals surface area contributed by atoms with Gasteiger partial charge in [-0.1, -0.05) is 23.7 Å². The Hall–Kier alpha value is -1.55. The van der Waals surface area contributed by atoms with Crippen LogP contribution in [0.3, 0.4) is 0 Å². The number of hydrogen-bond acceptors (Lipinski definition) is 3. The Morgan fingerprint density at radius 1 is 1.27 bits per heavy atom. The van der Waals surface area contributed by atoms with Gasteiger partial charge in [0.25, 0.3) is 0 Å². The van der Waals surface area contributed by atoms with E-state index in [1.807, 2.05) is 24.3 Å². The standard InChI is InChI=1S/C10H11ClN4/c11-9-3-1-8(2-4-9)5-6-15-7-13-10(12)14-15/h1-4,7H,5-6H2,(H2,12,14). The Morgan fingerprint density at radius 2 is 2.00 bits per heavy atom. The smallest absolute Gasteiger partial charge is 0.239 e. The second-order valence-corrected chi connectivity index (χ2v) is 3.68. The predicted molar refractivity (Wildman–Crippen MR) is 59.6 cm³/mol. The van der Waals surface area contributed by atoms with Crippen molar-refractivity contribution in [3.8, 4) is 0 Å². The van der Waals surface area contributed by atoms with Gasteiger partial charge in [-0.25, -0.2) is 4.98 Å². The number of rotatable bonds is 3. The maximum atomic E-state index is 5.79. The third-order valence-corrected chi connectivity index (χ3v) is 2.35. The van der Waals surface area contributed by atoms with Gasteiger partial charge in [0.1, 0.15) is 6.33 Å². The first-order chi connectivity index (χ1) is 7.24. The molecule has 2 aromatic rings. The van der Waals surface area contributed by atoms with Crippen LogP contribution in [0.4, 0.5) is 5.95 Å². The van der Waals surface area contributed by atoms with Crippen molar-refractivity contribution >= 4 is 17.5 Å². The van der Waals surface area contributed by atoms with Crippen LogP contribution in [0.25, 0.3) is 0 Å². The summed E-state index contributed by atoms with van der Waals surface area (Å²) in [4.78, 5) is 3.85. The van der Waals surface area contributed by atoms with Crippen molar-refractivity contribution in [3.05, 3.63) is 41.2 Å². The second kappa shape index (κ2) is 4.31. The lowest BCUT2D eigenvalue weighted by molar-refractivity contribution is 0.615. The van der Waals surface area contributed by atoms with Crippen LogP contribution in [0.5, 0.6) is 0 Å². The maximum Gasteiger partial charge on any atom is 0.239 e. The Labute approximate surface area is 92.7 Å². The van der Waals surface area contributed by atoms with Gasteiger partial charge >= 0.3 is 0 Å². The van der Waals surface area contributed by atoms with Crippen LogP contribution < -0.4 is 5.73 Å². The van der Waals surface area contributed by atoms with E-state index in [9.17, 15) is 0 Å². The first-order valence-corrected chi connectivity index (χ1v) is 5.01. The molecule has 0 fully saturated rings. The molecule has 0 amide bonds. The zero-order chi connectivity index (χ0) is 10.7. The molecule has 1 aromatic heterocycles. The molecular weight excluding hydrogens is 212 g/mol. The minimum absolute atomic E-state index is 0.311. The minimum atomic E-state index is 0.311. The molecule has 1 aromatic carbocycles. The molecule has 15 heavy (non-hydrogen) atoms. The van der Waals surface area contributed by atoms with Crippen LogP contribution in [-0.4, -0.2) is 14.8 Å². The van der Waals surface area contributed by atoms with Crippen LogP contribution >= 0.6 is 11.6 Å². The molecule has 4 nitrogen and oxygen atoms in total. The Bertz CT molecular complexity index is 435. The summed E-state index contributed by atoms with van der Waals surface area (Å²) >= 11 is 5.79. The lowest BCUT2D eigenvalue weighted by Crippen LogP contribution is -2.02. The van der Waals surface area contributed by atoms with Gasteiger partial charge < -0.3 is 5.73 Å². The summed E-state index contributed by atoms with van der Waals surface area (Å²) < 4.78 is 1.73. The molecule has 2 N–H and O–H groups in total. The number of nitrogens with zero attached hydrogens (tertiary/aromatic N) is 3. The SMILES string of the molecule is Nc1ncn(CCc2ccc(Cl)cc2)n1. The summed E-state index contributed by atoms with van der Waals surface area (Å²) in [7, 11) is 0. The summed E-state index contributed by atoms with van der Waals surface area (Å²) in [5, 5.41) is 4.75. The van der Waals surface area contributed by atoms with E-state index >= 15 is 0 Å². The number of halogens is 1. The molecule has 5 heteroatoms. The van der Waals surface area contributed by atoms with Crippen molar-refractivity contribution in [1.82, 2.24) is 14.8 Å². The molecule has 0 radical (unpaired) electrons. The molecule has 0 atom stereocenters. The van der Waals surface area contributed by atoms with Gasteiger partial charge in [0.15, 0.2) is 0 Å². The minimum Gasteiger partial charge on any atom is -0.367 e. The first kappa shape index (κ1) is 9.98. The van der Waals surface area contributed by atoms with Crippen molar-refractivity contribution in [3.63, 3.8) is 0 Å². The molecule has 0 aliphatic rings. The largest absolute Gasteiger partial charge is 0.367 e. The number of hydrogen-bond donors (Lipinski definition) is 1. The summed E-state index contributed by atoms with van der Waals surface area (Å²) in [6.45, 7) is 0.770. The quantitative estimate of drug-likeness (QED) is 0.861. The highest BCUT2D eigenvalue weighted by Crippen LogP contribution is 2.10. The Kier molecular flexibility index (Phi) is 2.87. The zero-order valence-corrected chi connectivity index (χ0v) is 8.85. The van der Waals surface area contributed by atoms with Crippen LogP contribution in [0.2, 0.25) is 5.02 Å². The molecule has 0 spiro atoms. The highest BCUT2D eigenvalue weighted by molar-refractivity contribution is 6.30. The molecule has 0 saturated heterocycles. The van der Waals surface area contributed by atoms with E-state index in [0.717, 1.165) is 18.0 Å². The van der Waals surface area contributed by atoms with Crippen LogP contribution in [-0.2, 0) is 13.0 Å². The van der Waals surface area contributed by atoms with Gasteiger partial charge in [0, 0.05) is 11.6 Å². The van der Waals surface area contributed by atoms with E-state index in [0.29, 0.717) is 5.95 Å². The lowest BCUT2D eigenvalue weighted by atomic mass is 10.1. The fourth-order valence-corrected chi connectivity index (χ4v) is 1.44. The molecule has 0 saturated carbocycles. The average molecular weight is 223 g/mol. The monoisotopic (exact) mass is 222 g/mol. The second-order valence-electron chi connectivity index (χ2n) is 3.24.